The lowest BCUT2D eigenvalue weighted by Gasteiger charge is -2.41. The Labute approximate surface area is 189 Å². The number of piperidine rings is 1. The van der Waals surface area contributed by atoms with Crippen LogP contribution in [0.5, 0.6) is 5.75 Å². The van der Waals surface area contributed by atoms with Gasteiger partial charge < -0.3 is 30.3 Å². The molecule has 2 aliphatic rings. The van der Waals surface area contributed by atoms with Crippen LogP contribution < -0.4 is 15.4 Å². The van der Waals surface area contributed by atoms with Crippen LogP contribution in [-0.2, 0) is 11.2 Å². The van der Waals surface area contributed by atoms with E-state index < -0.39 is 12.2 Å². The normalized spacial score (nSPS) is 20.8. The highest BCUT2D eigenvalue weighted by Gasteiger charge is 2.36. The summed E-state index contributed by atoms with van der Waals surface area (Å²) >= 11 is 0. The van der Waals surface area contributed by atoms with Crippen LogP contribution in [0.2, 0.25) is 0 Å². The molecule has 32 heavy (non-hydrogen) atoms. The fourth-order valence-corrected chi connectivity index (χ4v) is 4.66. The van der Waals surface area contributed by atoms with Crippen molar-refractivity contribution in [2.24, 2.45) is 5.73 Å². The number of carbonyl (C=O) groups excluding carboxylic acids is 2. The molecular weight excluding hydrogens is 412 g/mol. The Hall–Kier alpha value is -2.81. The predicted octanol–water partition coefficient (Wildman–Crippen LogP) is 2.31. The van der Waals surface area contributed by atoms with Crippen molar-refractivity contribution in [1.29, 1.82) is 0 Å². The quantitative estimate of drug-likeness (QED) is 0.693. The number of amides is 3. The molecule has 1 saturated heterocycles. The molecule has 3 N–H and O–H groups in total. The summed E-state index contributed by atoms with van der Waals surface area (Å²) < 4.78 is 5.83. The van der Waals surface area contributed by atoms with Crippen molar-refractivity contribution in [2.45, 2.75) is 65.1 Å². The summed E-state index contributed by atoms with van der Waals surface area (Å²) in [5.74, 6) is 0.233. The van der Waals surface area contributed by atoms with Gasteiger partial charge in [-0.2, -0.15) is 0 Å². The van der Waals surface area contributed by atoms with E-state index in [1.54, 1.807) is 22.8 Å². The second-order valence-electron chi connectivity index (χ2n) is 8.70. The maximum atomic E-state index is 13.8. The maximum absolute atomic E-state index is 13.8. The van der Waals surface area contributed by atoms with Crippen LogP contribution in [0.4, 0.5) is 10.5 Å². The van der Waals surface area contributed by atoms with Gasteiger partial charge in [-0.25, -0.2) is 4.79 Å². The Morgan fingerprint density at radius 3 is 2.66 bits per heavy atom. The van der Waals surface area contributed by atoms with Crippen LogP contribution in [0.3, 0.4) is 0 Å². The minimum absolute atomic E-state index is 0.111. The number of benzene rings is 1. The largest absolute Gasteiger partial charge is 0.479 e. The smallest absolute Gasteiger partial charge is 0.407 e. The molecular formula is C23H34N4O5. The molecule has 2 atom stereocenters. The molecule has 2 heterocycles. The second-order valence-corrected chi connectivity index (χ2v) is 8.70. The average molecular weight is 447 g/mol. The zero-order valence-electron chi connectivity index (χ0n) is 19.3. The van der Waals surface area contributed by atoms with Crippen molar-refractivity contribution < 1.29 is 24.2 Å². The Bertz CT molecular complexity index is 887. The van der Waals surface area contributed by atoms with Crippen molar-refractivity contribution in [3.05, 3.63) is 23.3 Å². The molecule has 0 saturated carbocycles. The lowest BCUT2D eigenvalue weighted by Crippen LogP contribution is -2.54. The molecule has 0 unspecified atom stereocenters. The Morgan fingerprint density at radius 2 is 2.06 bits per heavy atom. The second kappa shape index (κ2) is 9.77. The van der Waals surface area contributed by atoms with E-state index in [0.717, 1.165) is 12.0 Å². The highest BCUT2D eigenvalue weighted by atomic mass is 16.5. The fourth-order valence-electron chi connectivity index (χ4n) is 4.66. The van der Waals surface area contributed by atoms with E-state index in [2.05, 4.69) is 0 Å². The highest BCUT2D eigenvalue weighted by Crippen LogP contribution is 2.37. The number of fused-ring (bicyclic) bond motifs is 1. The first-order valence-corrected chi connectivity index (χ1v) is 11.3. The van der Waals surface area contributed by atoms with E-state index in [1.165, 1.54) is 4.90 Å². The number of carbonyl (C=O) groups is 3. The number of ether oxygens (including phenoxy) is 1. The monoisotopic (exact) mass is 446 g/mol. The first-order chi connectivity index (χ1) is 15.2. The van der Waals surface area contributed by atoms with Crippen LogP contribution in [0.15, 0.2) is 12.1 Å². The molecule has 1 aromatic carbocycles. The van der Waals surface area contributed by atoms with Crippen LogP contribution >= 0.6 is 0 Å². The molecule has 0 aliphatic carbocycles. The van der Waals surface area contributed by atoms with Crippen molar-refractivity contribution >= 4 is 23.6 Å². The molecule has 1 aromatic rings. The number of nitrogens with zero attached hydrogens (tertiary/aromatic N) is 3. The Kier molecular flexibility index (Phi) is 7.28. The number of rotatable bonds is 6. The Balaban J connectivity index is 2.02. The molecule has 9 nitrogen and oxygen atoms in total. The van der Waals surface area contributed by atoms with Gasteiger partial charge in [0, 0.05) is 37.8 Å². The summed E-state index contributed by atoms with van der Waals surface area (Å²) in [6.07, 6.45) is 0.503. The van der Waals surface area contributed by atoms with Crippen molar-refractivity contribution in [1.82, 2.24) is 9.80 Å². The molecule has 3 amide bonds. The molecule has 0 bridgehead atoms. The third-order valence-corrected chi connectivity index (χ3v) is 6.21. The van der Waals surface area contributed by atoms with Crippen molar-refractivity contribution in [3.63, 3.8) is 0 Å². The standard InChI is InChI=1S/C23H34N4O5/c1-5-16-11-20-19(26(10-8-24)21(28)15(4)32-20)12-18(16)22(29)27(14(2)3)17-7-6-9-25(13-17)23(30)31/h11-12,14-15,17H,5-10,13,24H2,1-4H3,(H,30,31)/t15-,17-/m1/s1. The van der Waals surface area contributed by atoms with E-state index in [9.17, 15) is 19.5 Å². The molecule has 9 heteroatoms. The first-order valence-electron chi connectivity index (χ1n) is 11.3. The van der Waals surface area contributed by atoms with Gasteiger partial charge in [0.2, 0.25) is 0 Å². The molecule has 3 rings (SSSR count). The molecule has 176 valence electrons. The SMILES string of the molecule is CCc1cc2c(cc1C(=O)N(C(C)C)[C@@H]1CCCN(C(=O)O)C1)N(CCN)C(=O)[C@@H](C)O2. The van der Waals surface area contributed by atoms with Gasteiger partial charge in [-0.3, -0.25) is 9.59 Å². The summed E-state index contributed by atoms with van der Waals surface area (Å²) in [6.45, 7) is 8.97. The van der Waals surface area contributed by atoms with E-state index >= 15 is 0 Å². The van der Waals surface area contributed by atoms with E-state index in [-0.39, 0.29) is 23.9 Å². The summed E-state index contributed by atoms with van der Waals surface area (Å²) in [6, 6.07) is 3.27. The van der Waals surface area contributed by atoms with Crippen LogP contribution in [0.1, 0.15) is 56.5 Å². The van der Waals surface area contributed by atoms with Gasteiger partial charge in [-0.1, -0.05) is 6.92 Å². The number of aryl methyl sites for hydroxylation is 1. The molecule has 2 aliphatic heterocycles. The van der Waals surface area contributed by atoms with Crippen LogP contribution in [-0.4, -0.2) is 77.2 Å². The summed E-state index contributed by atoms with van der Waals surface area (Å²) in [5.41, 5.74) is 7.64. The van der Waals surface area contributed by atoms with Gasteiger partial charge in [-0.15, -0.1) is 0 Å². The van der Waals surface area contributed by atoms with Gasteiger partial charge in [0.25, 0.3) is 11.8 Å². The predicted molar refractivity (Wildman–Crippen MR) is 121 cm³/mol. The van der Waals surface area contributed by atoms with Gasteiger partial charge in [-0.05, 0) is 57.7 Å². The number of anilines is 1. The summed E-state index contributed by atoms with van der Waals surface area (Å²) in [5, 5.41) is 9.43. The maximum Gasteiger partial charge on any atom is 0.407 e. The van der Waals surface area contributed by atoms with Gasteiger partial charge in [0.05, 0.1) is 11.7 Å². The molecule has 0 radical (unpaired) electrons. The lowest BCUT2D eigenvalue weighted by molar-refractivity contribution is -0.125. The average Bonchev–Trinajstić information content (AvgIpc) is 2.76. The number of nitrogens with two attached hydrogens (primary N) is 1. The number of hydrogen-bond acceptors (Lipinski definition) is 5. The number of hydrogen-bond donors (Lipinski definition) is 2. The zero-order valence-corrected chi connectivity index (χ0v) is 19.3. The topological polar surface area (TPSA) is 116 Å². The fraction of sp³-hybridized carbons (Fsp3) is 0.609. The van der Waals surface area contributed by atoms with E-state index in [0.29, 0.717) is 56.0 Å². The minimum atomic E-state index is -0.962. The summed E-state index contributed by atoms with van der Waals surface area (Å²) in [7, 11) is 0. The van der Waals surface area contributed by atoms with Crippen LogP contribution in [0, 0.1) is 0 Å². The minimum Gasteiger partial charge on any atom is -0.479 e. The first kappa shape index (κ1) is 23.8. The highest BCUT2D eigenvalue weighted by molar-refractivity contribution is 6.03. The molecule has 0 aromatic heterocycles. The van der Waals surface area contributed by atoms with E-state index in [4.69, 9.17) is 10.5 Å². The van der Waals surface area contributed by atoms with Crippen molar-refractivity contribution in [3.8, 4) is 5.75 Å². The van der Waals surface area contributed by atoms with Gasteiger partial charge >= 0.3 is 6.09 Å². The third kappa shape index (κ3) is 4.53. The van der Waals surface area contributed by atoms with Crippen LogP contribution in [0.25, 0.3) is 0 Å². The van der Waals surface area contributed by atoms with Crippen molar-refractivity contribution in [2.75, 3.05) is 31.1 Å². The number of carboxylic acid groups (broad SMARTS) is 1. The Morgan fingerprint density at radius 1 is 1.34 bits per heavy atom. The van der Waals surface area contributed by atoms with Gasteiger partial charge in [0.15, 0.2) is 6.10 Å². The van der Waals surface area contributed by atoms with E-state index in [1.807, 2.05) is 26.8 Å². The van der Waals surface area contributed by atoms with Gasteiger partial charge in [0.1, 0.15) is 5.75 Å². The number of likely N-dealkylation sites (tertiary alicyclic amines) is 1. The molecule has 0 spiro atoms. The lowest BCUT2D eigenvalue weighted by atomic mass is 9.97. The molecule has 1 fully saturated rings. The zero-order chi connectivity index (χ0) is 23.6. The third-order valence-electron chi connectivity index (χ3n) is 6.21. The summed E-state index contributed by atoms with van der Waals surface area (Å²) in [4.78, 5) is 42.8.